The number of ether oxygens (including phenoxy) is 1. The zero-order chi connectivity index (χ0) is 13.0. The first-order chi connectivity index (χ1) is 8.69. The number of aryl methyl sites for hydroxylation is 1. The average Bonchev–Trinajstić information content (AvgIpc) is 2.38. The largest absolute Gasteiger partial charge is 0.481 e. The van der Waals surface area contributed by atoms with Gasteiger partial charge in [-0.3, -0.25) is 4.98 Å². The summed E-state index contributed by atoms with van der Waals surface area (Å²) < 4.78 is 5.06. The highest BCUT2D eigenvalue weighted by Crippen LogP contribution is 2.19. The maximum atomic E-state index is 5.84. The minimum absolute atomic E-state index is 0.531. The number of rotatable bonds is 4. The first kappa shape index (κ1) is 12.2. The standard InChI is InChI=1S/C13H16N4O/c1-9-4-3-5-10(16-9)8-15-13-11(14)6-7-12(17-13)18-2/h3-7H,8,14H2,1-2H3,(H,15,17). The van der Waals surface area contributed by atoms with Crippen molar-refractivity contribution in [1.82, 2.24) is 9.97 Å². The van der Waals surface area contributed by atoms with Crippen LogP contribution in [0.1, 0.15) is 11.4 Å². The lowest BCUT2D eigenvalue weighted by Crippen LogP contribution is -2.06. The SMILES string of the molecule is COc1ccc(N)c(NCc2cccc(C)n2)n1. The number of nitrogens with two attached hydrogens (primary N) is 1. The summed E-state index contributed by atoms with van der Waals surface area (Å²) in [5.74, 6) is 1.14. The molecule has 3 N–H and O–H groups in total. The molecule has 2 rings (SSSR count). The van der Waals surface area contributed by atoms with Gasteiger partial charge in [-0.1, -0.05) is 6.07 Å². The van der Waals surface area contributed by atoms with E-state index in [9.17, 15) is 0 Å². The minimum atomic E-state index is 0.531. The Morgan fingerprint density at radius 1 is 1.22 bits per heavy atom. The molecule has 0 fully saturated rings. The van der Waals surface area contributed by atoms with Crippen molar-refractivity contribution in [2.45, 2.75) is 13.5 Å². The monoisotopic (exact) mass is 244 g/mol. The molecule has 0 amide bonds. The Labute approximate surface area is 106 Å². The summed E-state index contributed by atoms with van der Waals surface area (Å²) in [6.45, 7) is 2.54. The third-order valence-corrected chi connectivity index (χ3v) is 2.49. The Hall–Kier alpha value is -2.30. The van der Waals surface area contributed by atoms with Crippen molar-refractivity contribution in [1.29, 1.82) is 0 Å². The van der Waals surface area contributed by atoms with Gasteiger partial charge in [0.05, 0.1) is 25.0 Å². The number of methoxy groups -OCH3 is 1. The summed E-state index contributed by atoms with van der Waals surface area (Å²) in [4.78, 5) is 8.64. The maximum absolute atomic E-state index is 5.84. The summed E-state index contributed by atoms with van der Waals surface area (Å²) in [7, 11) is 1.57. The summed E-state index contributed by atoms with van der Waals surface area (Å²) >= 11 is 0. The fourth-order valence-corrected chi connectivity index (χ4v) is 1.58. The fraction of sp³-hybridized carbons (Fsp3) is 0.231. The Morgan fingerprint density at radius 3 is 2.78 bits per heavy atom. The number of hydrogen-bond acceptors (Lipinski definition) is 5. The molecule has 0 saturated carbocycles. The Balaban J connectivity index is 2.10. The van der Waals surface area contributed by atoms with Crippen LogP contribution in [0.25, 0.3) is 0 Å². The summed E-state index contributed by atoms with van der Waals surface area (Å²) in [5.41, 5.74) is 8.35. The molecule has 5 heteroatoms. The van der Waals surface area contributed by atoms with Crippen LogP contribution in [-0.2, 0) is 6.54 Å². The number of pyridine rings is 2. The van der Waals surface area contributed by atoms with Crippen LogP contribution in [-0.4, -0.2) is 17.1 Å². The number of nitrogen functional groups attached to an aromatic ring is 1. The zero-order valence-corrected chi connectivity index (χ0v) is 10.5. The predicted molar refractivity (Wildman–Crippen MR) is 71.5 cm³/mol. The number of aromatic nitrogens is 2. The van der Waals surface area contributed by atoms with Crippen molar-refractivity contribution in [3.05, 3.63) is 41.7 Å². The van der Waals surface area contributed by atoms with Gasteiger partial charge in [0.2, 0.25) is 5.88 Å². The van der Waals surface area contributed by atoms with Crippen molar-refractivity contribution >= 4 is 11.5 Å². The highest BCUT2D eigenvalue weighted by molar-refractivity contribution is 5.61. The van der Waals surface area contributed by atoms with Gasteiger partial charge in [-0.25, -0.2) is 0 Å². The van der Waals surface area contributed by atoms with Gasteiger partial charge in [0.25, 0.3) is 0 Å². The number of hydrogen-bond donors (Lipinski definition) is 2. The van der Waals surface area contributed by atoms with Gasteiger partial charge < -0.3 is 15.8 Å². The van der Waals surface area contributed by atoms with Gasteiger partial charge in [-0.05, 0) is 25.1 Å². The van der Waals surface area contributed by atoms with Crippen LogP contribution in [0.5, 0.6) is 5.88 Å². The molecule has 0 radical (unpaired) electrons. The molecular weight excluding hydrogens is 228 g/mol. The topological polar surface area (TPSA) is 73.1 Å². The highest BCUT2D eigenvalue weighted by atomic mass is 16.5. The van der Waals surface area contributed by atoms with E-state index in [0.717, 1.165) is 11.4 Å². The molecule has 2 aromatic rings. The lowest BCUT2D eigenvalue weighted by molar-refractivity contribution is 0.398. The molecule has 0 saturated heterocycles. The third-order valence-electron chi connectivity index (χ3n) is 2.49. The summed E-state index contributed by atoms with van der Waals surface area (Å²) in [5, 5.41) is 3.15. The number of nitrogens with zero attached hydrogens (tertiary/aromatic N) is 2. The van der Waals surface area contributed by atoms with Gasteiger partial charge in [0.15, 0.2) is 5.82 Å². The minimum Gasteiger partial charge on any atom is -0.481 e. The highest BCUT2D eigenvalue weighted by Gasteiger charge is 2.03. The van der Waals surface area contributed by atoms with Crippen LogP contribution in [0, 0.1) is 6.92 Å². The first-order valence-electron chi connectivity index (χ1n) is 5.66. The van der Waals surface area contributed by atoms with Crippen molar-refractivity contribution in [2.75, 3.05) is 18.2 Å². The third kappa shape index (κ3) is 2.88. The van der Waals surface area contributed by atoms with Crippen LogP contribution in [0.15, 0.2) is 30.3 Å². The summed E-state index contributed by atoms with van der Waals surface area (Å²) in [6, 6.07) is 9.38. The van der Waals surface area contributed by atoms with E-state index in [1.165, 1.54) is 0 Å². The van der Waals surface area contributed by atoms with Crippen LogP contribution in [0.2, 0.25) is 0 Å². The van der Waals surface area contributed by atoms with Crippen molar-refractivity contribution in [2.24, 2.45) is 0 Å². The zero-order valence-electron chi connectivity index (χ0n) is 10.5. The first-order valence-corrected chi connectivity index (χ1v) is 5.66. The van der Waals surface area contributed by atoms with Crippen molar-refractivity contribution < 1.29 is 4.74 Å². The van der Waals surface area contributed by atoms with Crippen molar-refractivity contribution in [3.63, 3.8) is 0 Å². The van der Waals surface area contributed by atoms with E-state index in [2.05, 4.69) is 15.3 Å². The predicted octanol–water partition coefficient (Wildman–Crippen LogP) is 1.99. The van der Waals surface area contributed by atoms with E-state index in [0.29, 0.717) is 23.9 Å². The quantitative estimate of drug-likeness (QED) is 0.860. The van der Waals surface area contributed by atoms with Crippen molar-refractivity contribution in [3.8, 4) is 5.88 Å². The molecule has 0 aliphatic heterocycles. The summed E-state index contributed by atoms with van der Waals surface area (Å²) in [6.07, 6.45) is 0. The van der Waals surface area contributed by atoms with Gasteiger partial charge in [0, 0.05) is 11.8 Å². The molecule has 0 aliphatic carbocycles. The van der Waals surface area contributed by atoms with Gasteiger partial charge in [-0.15, -0.1) is 0 Å². The molecule has 2 heterocycles. The Bertz CT molecular complexity index is 542. The molecule has 0 bridgehead atoms. The lowest BCUT2D eigenvalue weighted by Gasteiger charge is -2.09. The second-order valence-electron chi connectivity index (χ2n) is 3.92. The molecule has 0 aliphatic rings. The van der Waals surface area contributed by atoms with Crippen LogP contribution >= 0.6 is 0 Å². The van der Waals surface area contributed by atoms with E-state index < -0.39 is 0 Å². The van der Waals surface area contributed by atoms with Crippen LogP contribution < -0.4 is 15.8 Å². The molecular formula is C13H16N4O. The van der Waals surface area contributed by atoms with E-state index in [1.54, 1.807) is 19.2 Å². The lowest BCUT2D eigenvalue weighted by atomic mass is 10.3. The number of anilines is 2. The Kier molecular flexibility index (Phi) is 3.62. The van der Waals surface area contributed by atoms with Crippen LogP contribution in [0.4, 0.5) is 11.5 Å². The molecule has 0 spiro atoms. The average molecular weight is 244 g/mol. The normalized spacial score (nSPS) is 10.1. The van der Waals surface area contributed by atoms with Crippen LogP contribution in [0.3, 0.4) is 0 Å². The van der Waals surface area contributed by atoms with E-state index in [-0.39, 0.29) is 0 Å². The van der Waals surface area contributed by atoms with Gasteiger partial charge in [0.1, 0.15) is 0 Å². The molecule has 0 aromatic carbocycles. The van der Waals surface area contributed by atoms with Gasteiger partial charge in [-0.2, -0.15) is 4.98 Å². The molecule has 0 atom stereocenters. The Morgan fingerprint density at radius 2 is 2.06 bits per heavy atom. The van der Waals surface area contributed by atoms with Gasteiger partial charge >= 0.3 is 0 Å². The molecule has 5 nitrogen and oxygen atoms in total. The maximum Gasteiger partial charge on any atom is 0.215 e. The van der Waals surface area contributed by atoms with E-state index in [1.807, 2.05) is 25.1 Å². The number of nitrogens with one attached hydrogen (secondary N) is 1. The molecule has 0 unspecified atom stereocenters. The second-order valence-corrected chi connectivity index (χ2v) is 3.92. The second kappa shape index (κ2) is 5.35. The molecule has 18 heavy (non-hydrogen) atoms. The smallest absolute Gasteiger partial charge is 0.215 e. The molecule has 94 valence electrons. The fourth-order valence-electron chi connectivity index (χ4n) is 1.58. The molecule has 2 aromatic heterocycles. The van der Waals surface area contributed by atoms with E-state index >= 15 is 0 Å². The van der Waals surface area contributed by atoms with E-state index in [4.69, 9.17) is 10.5 Å².